The summed E-state index contributed by atoms with van der Waals surface area (Å²) in [5, 5.41) is 4.15. The highest BCUT2D eigenvalue weighted by atomic mass is 15.2. The van der Waals surface area contributed by atoms with Crippen LogP contribution >= 0.6 is 0 Å². The van der Waals surface area contributed by atoms with Crippen LogP contribution in [0.25, 0.3) is 17.3 Å². The van der Waals surface area contributed by atoms with Crippen LogP contribution in [0.2, 0.25) is 0 Å². The number of hydrogen-bond acceptors (Lipinski definition) is 2. The van der Waals surface area contributed by atoms with Crippen molar-refractivity contribution in [1.29, 1.82) is 0 Å². The van der Waals surface area contributed by atoms with Gasteiger partial charge in [0.25, 0.3) is 0 Å². The quantitative estimate of drug-likeness (QED) is 0.744. The van der Waals surface area contributed by atoms with E-state index < -0.39 is 0 Å². The van der Waals surface area contributed by atoms with Crippen LogP contribution in [0.5, 0.6) is 0 Å². The highest BCUT2D eigenvalue weighted by Crippen LogP contribution is 2.22. The van der Waals surface area contributed by atoms with Gasteiger partial charge in [0.15, 0.2) is 0 Å². The third kappa shape index (κ3) is 1.81. The fourth-order valence-electron chi connectivity index (χ4n) is 1.58. The Hall–Kier alpha value is -1.90. The molecule has 2 rings (SSSR count). The minimum atomic E-state index is 1.03. The number of rotatable bonds is 2. The molecule has 0 atom stereocenters. The molecule has 15 heavy (non-hydrogen) atoms. The molecule has 0 N–H and O–H groups in total. The molecule has 0 amide bonds. The van der Waals surface area contributed by atoms with Crippen molar-refractivity contribution in [2.24, 2.45) is 0 Å². The second-order valence-corrected chi connectivity index (χ2v) is 3.53. The molecule has 0 bridgehead atoms. The molecule has 0 radical (unpaired) electrons. The minimum absolute atomic E-state index is 1.03. The average Bonchev–Trinajstić information content (AvgIpc) is 2.66. The molecule has 0 aliphatic carbocycles. The Morgan fingerprint density at radius 1 is 1.33 bits per heavy atom. The van der Waals surface area contributed by atoms with Crippen molar-refractivity contribution in [2.45, 2.75) is 13.8 Å². The molecule has 0 aliphatic rings. The molecule has 2 heterocycles. The van der Waals surface area contributed by atoms with Crippen LogP contribution in [0.3, 0.4) is 0 Å². The molecule has 76 valence electrons. The van der Waals surface area contributed by atoms with Crippen LogP contribution < -0.4 is 0 Å². The van der Waals surface area contributed by atoms with Gasteiger partial charge in [-0.25, -0.2) is 4.68 Å². The first kappa shape index (κ1) is 9.65. The molecule has 0 fully saturated rings. The lowest BCUT2D eigenvalue weighted by atomic mass is 10.1. The van der Waals surface area contributed by atoms with Gasteiger partial charge >= 0.3 is 0 Å². The second kappa shape index (κ2) is 3.69. The van der Waals surface area contributed by atoms with Crippen molar-refractivity contribution in [3.8, 4) is 11.1 Å². The lowest BCUT2D eigenvalue weighted by Gasteiger charge is -2.02. The highest BCUT2D eigenvalue weighted by Gasteiger charge is 2.04. The van der Waals surface area contributed by atoms with Crippen molar-refractivity contribution in [1.82, 2.24) is 14.8 Å². The van der Waals surface area contributed by atoms with Gasteiger partial charge < -0.3 is 0 Å². The van der Waals surface area contributed by atoms with Gasteiger partial charge in [0.05, 0.1) is 6.20 Å². The van der Waals surface area contributed by atoms with Crippen LogP contribution in [-0.4, -0.2) is 14.8 Å². The van der Waals surface area contributed by atoms with Gasteiger partial charge in [-0.3, -0.25) is 4.98 Å². The van der Waals surface area contributed by atoms with Crippen LogP contribution in [0.4, 0.5) is 0 Å². The van der Waals surface area contributed by atoms with E-state index in [2.05, 4.69) is 29.7 Å². The first-order valence-electron chi connectivity index (χ1n) is 4.81. The van der Waals surface area contributed by atoms with Gasteiger partial charge in [-0.1, -0.05) is 6.58 Å². The zero-order chi connectivity index (χ0) is 10.8. The molecule has 0 spiro atoms. The topological polar surface area (TPSA) is 30.7 Å². The molecule has 0 aliphatic heterocycles. The Kier molecular flexibility index (Phi) is 2.37. The van der Waals surface area contributed by atoms with E-state index in [0.717, 1.165) is 16.8 Å². The van der Waals surface area contributed by atoms with E-state index in [0.29, 0.717) is 0 Å². The number of nitrogens with zero attached hydrogens (tertiary/aromatic N) is 3. The normalized spacial score (nSPS) is 10.3. The van der Waals surface area contributed by atoms with Crippen LogP contribution in [0, 0.1) is 13.8 Å². The van der Waals surface area contributed by atoms with Gasteiger partial charge in [0.1, 0.15) is 0 Å². The largest absolute Gasteiger partial charge is 0.261 e. The molecular weight excluding hydrogens is 186 g/mol. The summed E-state index contributed by atoms with van der Waals surface area (Å²) in [7, 11) is 0. The van der Waals surface area contributed by atoms with Crippen molar-refractivity contribution in [3.63, 3.8) is 0 Å². The van der Waals surface area contributed by atoms with E-state index in [4.69, 9.17) is 0 Å². The van der Waals surface area contributed by atoms with Crippen molar-refractivity contribution >= 4 is 6.20 Å². The number of pyridine rings is 1. The van der Waals surface area contributed by atoms with Crippen LogP contribution in [0.15, 0.2) is 31.2 Å². The maximum atomic E-state index is 4.29. The number of aromatic nitrogens is 3. The lowest BCUT2D eigenvalue weighted by Crippen LogP contribution is -1.87. The molecule has 0 unspecified atom stereocenters. The summed E-state index contributed by atoms with van der Waals surface area (Å²) in [6, 6.07) is 2.07. The summed E-state index contributed by atoms with van der Waals surface area (Å²) in [6.45, 7) is 7.73. The average molecular weight is 199 g/mol. The molecule has 3 nitrogen and oxygen atoms in total. The summed E-state index contributed by atoms with van der Waals surface area (Å²) in [4.78, 5) is 4.29. The molecule has 0 saturated heterocycles. The maximum Gasteiger partial charge on any atom is 0.0573 e. The Morgan fingerprint density at radius 2 is 2.13 bits per heavy atom. The Balaban J connectivity index is 2.49. The third-order valence-electron chi connectivity index (χ3n) is 2.35. The monoisotopic (exact) mass is 199 g/mol. The third-order valence-corrected chi connectivity index (χ3v) is 2.35. The smallest absolute Gasteiger partial charge is 0.0573 e. The van der Waals surface area contributed by atoms with Crippen molar-refractivity contribution in [3.05, 3.63) is 42.5 Å². The first-order chi connectivity index (χ1) is 7.20. The minimum Gasteiger partial charge on any atom is -0.261 e. The van der Waals surface area contributed by atoms with E-state index in [-0.39, 0.29) is 0 Å². The highest BCUT2D eigenvalue weighted by molar-refractivity contribution is 5.65. The summed E-state index contributed by atoms with van der Waals surface area (Å²) >= 11 is 0. The van der Waals surface area contributed by atoms with E-state index in [1.807, 2.05) is 25.5 Å². The lowest BCUT2D eigenvalue weighted by molar-refractivity contribution is 0.937. The van der Waals surface area contributed by atoms with E-state index in [1.165, 1.54) is 5.56 Å². The molecule has 2 aromatic heterocycles. The van der Waals surface area contributed by atoms with E-state index in [9.17, 15) is 0 Å². The maximum absolute atomic E-state index is 4.29. The summed E-state index contributed by atoms with van der Waals surface area (Å²) < 4.78 is 1.69. The predicted molar refractivity (Wildman–Crippen MR) is 61.3 cm³/mol. The summed E-state index contributed by atoms with van der Waals surface area (Å²) in [6.07, 6.45) is 7.31. The van der Waals surface area contributed by atoms with Crippen LogP contribution in [0.1, 0.15) is 11.3 Å². The zero-order valence-electron chi connectivity index (χ0n) is 8.94. The second-order valence-electron chi connectivity index (χ2n) is 3.53. The predicted octanol–water partition coefficient (Wildman–Crippen LogP) is 2.66. The Labute approximate surface area is 89.1 Å². The number of aryl methyl sites for hydroxylation is 2. The van der Waals surface area contributed by atoms with Gasteiger partial charge in [-0.05, 0) is 25.5 Å². The fourth-order valence-corrected chi connectivity index (χ4v) is 1.58. The SMILES string of the molecule is C=Cn1cc(-c2cnc(C)cc2C)cn1. The summed E-state index contributed by atoms with van der Waals surface area (Å²) in [5.74, 6) is 0. The van der Waals surface area contributed by atoms with Gasteiger partial charge in [-0.15, -0.1) is 0 Å². The van der Waals surface area contributed by atoms with Gasteiger partial charge in [0.2, 0.25) is 0 Å². The van der Waals surface area contributed by atoms with Crippen molar-refractivity contribution < 1.29 is 0 Å². The molecule has 2 aromatic rings. The first-order valence-corrected chi connectivity index (χ1v) is 4.81. The van der Waals surface area contributed by atoms with Crippen LogP contribution in [-0.2, 0) is 0 Å². The number of hydrogen-bond donors (Lipinski definition) is 0. The fraction of sp³-hybridized carbons (Fsp3) is 0.167. The van der Waals surface area contributed by atoms with E-state index in [1.54, 1.807) is 10.9 Å². The zero-order valence-corrected chi connectivity index (χ0v) is 8.94. The molecule has 0 saturated carbocycles. The van der Waals surface area contributed by atoms with Crippen molar-refractivity contribution in [2.75, 3.05) is 0 Å². The Morgan fingerprint density at radius 3 is 2.73 bits per heavy atom. The van der Waals surface area contributed by atoms with Gasteiger partial charge in [0, 0.05) is 35.4 Å². The molecular formula is C12H13N3. The van der Waals surface area contributed by atoms with E-state index >= 15 is 0 Å². The molecule has 0 aromatic carbocycles. The van der Waals surface area contributed by atoms with Gasteiger partial charge in [-0.2, -0.15) is 5.10 Å². The summed E-state index contributed by atoms with van der Waals surface area (Å²) in [5.41, 5.74) is 4.44. The molecule has 3 heteroatoms. The Bertz CT molecular complexity index is 497. The standard InChI is InChI=1S/C12H13N3/c1-4-15-8-11(6-14-15)12-7-13-10(3)5-9(12)2/h4-8H,1H2,2-3H3.